The number of carbonyl (C=O) groups excluding carboxylic acids is 1. The molecule has 0 saturated carbocycles. The summed E-state index contributed by atoms with van der Waals surface area (Å²) in [6, 6.07) is 3.97. The molecule has 2 aromatic rings. The summed E-state index contributed by atoms with van der Waals surface area (Å²) in [7, 11) is 0. The fourth-order valence-electron chi connectivity index (χ4n) is 3.44. The minimum absolute atomic E-state index is 0.225. The molecule has 4 heteroatoms. The van der Waals surface area contributed by atoms with Crippen LogP contribution in [0.1, 0.15) is 59.9 Å². The molecule has 1 aliphatic rings. The van der Waals surface area contributed by atoms with Gasteiger partial charge in [-0.25, -0.2) is 4.98 Å². The van der Waals surface area contributed by atoms with Crippen molar-refractivity contribution in [2.75, 3.05) is 6.61 Å². The summed E-state index contributed by atoms with van der Waals surface area (Å²) in [6.07, 6.45) is 9.58. The molecular weight excluding hydrogens is 300 g/mol. The van der Waals surface area contributed by atoms with Crippen molar-refractivity contribution in [3.05, 3.63) is 47.0 Å². The fourth-order valence-corrected chi connectivity index (χ4v) is 3.44. The molecule has 0 N–H and O–H groups in total. The third-order valence-corrected chi connectivity index (χ3v) is 4.76. The van der Waals surface area contributed by atoms with Crippen LogP contribution in [0, 0.1) is 6.92 Å². The Morgan fingerprint density at radius 3 is 2.75 bits per heavy atom. The molecule has 0 saturated heterocycles. The Morgan fingerprint density at radius 2 is 2.04 bits per heavy atom. The molecule has 0 amide bonds. The van der Waals surface area contributed by atoms with Crippen LogP contribution >= 0.6 is 0 Å². The summed E-state index contributed by atoms with van der Waals surface area (Å²) >= 11 is 0. The maximum absolute atomic E-state index is 12.8. The maximum atomic E-state index is 12.8. The number of ketones is 1. The van der Waals surface area contributed by atoms with Crippen LogP contribution in [-0.2, 0) is 19.4 Å². The van der Waals surface area contributed by atoms with Crippen LogP contribution in [-0.4, -0.2) is 21.9 Å². The van der Waals surface area contributed by atoms with E-state index >= 15 is 0 Å². The SMILES string of the molecule is CCCOc1ccc(C(=O)CCn2ccnc2C)c2c1CCCC2. The lowest BCUT2D eigenvalue weighted by Gasteiger charge is -2.22. The van der Waals surface area contributed by atoms with Crippen molar-refractivity contribution in [2.45, 2.75) is 58.9 Å². The molecule has 128 valence electrons. The normalized spacial score (nSPS) is 13.6. The Bertz CT molecular complexity index is 718. The van der Waals surface area contributed by atoms with Crippen LogP contribution in [0.25, 0.3) is 0 Å². The number of aryl methyl sites for hydroxylation is 2. The second-order valence-electron chi connectivity index (χ2n) is 6.46. The third-order valence-electron chi connectivity index (χ3n) is 4.76. The van der Waals surface area contributed by atoms with Gasteiger partial charge >= 0.3 is 0 Å². The first-order chi connectivity index (χ1) is 11.7. The van der Waals surface area contributed by atoms with Crippen molar-refractivity contribution < 1.29 is 9.53 Å². The molecule has 4 nitrogen and oxygen atoms in total. The molecule has 0 fully saturated rings. The van der Waals surface area contributed by atoms with Gasteiger partial charge in [0.15, 0.2) is 5.78 Å². The number of hydrogen-bond acceptors (Lipinski definition) is 3. The van der Waals surface area contributed by atoms with Crippen molar-refractivity contribution in [1.29, 1.82) is 0 Å². The van der Waals surface area contributed by atoms with Crippen LogP contribution in [0.15, 0.2) is 24.5 Å². The van der Waals surface area contributed by atoms with Gasteiger partial charge < -0.3 is 9.30 Å². The van der Waals surface area contributed by atoms with E-state index in [0.717, 1.165) is 49.4 Å². The number of fused-ring (bicyclic) bond motifs is 1. The number of imidazole rings is 1. The molecule has 0 aliphatic heterocycles. The van der Waals surface area contributed by atoms with E-state index in [0.29, 0.717) is 13.0 Å². The first kappa shape index (κ1) is 16.7. The van der Waals surface area contributed by atoms with Gasteiger partial charge in [-0.1, -0.05) is 6.92 Å². The molecule has 24 heavy (non-hydrogen) atoms. The average molecular weight is 326 g/mol. The molecule has 0 unspecified atom stereocenters. The number of aromatic nitrogens is 2. The second-order valence-corrected chi connectivity index (χ2v) is 6.46. The van der Waals surface area contributed by atoms with Gasteiger partial charge in [0.2, 0.25) is 0 Å². The topological polar surface area (TPSA) is 44.1 Å². The number of carbonyl (C=O) groups is 1. The fraction of sp³-hybridized carbons (Fsp3) is 0.500. The summed E-state index contributed by atoms with van der Waals surface area (Å²) in [5, 5.41) is 0. The van der Waals surface area contributed by atoms with E-state index in [2.05, 4.69) is 11.9 Å². The van der Waals surface area contributed by atoms with E-state index in [9.17, 15) is 4.79 Å². The number of nitrogens with zero attached hydrogens (tertiary/aromatic N) is 2. The van der Waals surface area contributed by atoms with Gasteiger partial charge in [-0.3, -0.25) is 4.79 Å². The first-order valence-corrected chi connectivity index (χ1v) is 8.99. The molecule has 1 aliphatic carbocycles. The monoisotopic (exact) mass is 326 g/mol. The minimum atomic E-state index is 0.225. The van der Waals surface area contributed by atoms with E-state index in [4.69, 9.17) is 4.74 Å². The quantitative estimate of drug-likeness (QED) is 0.719. The Balaban J connectivity index is 1.79. The van der Waals surface area contributed by atoms with E-state index in [1.807, 2.05) is 29.8 Å². The summed E-state index contributed by atoms with van der Waals surface area (Å²) in [6.45, 7) is 5.50. The van der Waals surface area contributed by atoms with Crippen LogP contribution in [0.5, 0.6) is 5.75 Å². The number of rotatable bonds is 7. The number of Topliss-reactive ketones (excluding diaryl/α,β-unsaturated/α-hetero) is 1. The molecule has 3 rings (SSSR count). The van der Waals surface area contributed by atoms with Crippen LogP contribution < -0.4 is 4.74 Å². The Labute approximate surface area is 143 Å². The van der Waals surface area contributed by atoms with Crippen molar-refractivity contribution >= 4 is 5.78 Å². The second kappa shape index (κ2) is 7.65. The maximum Gasteiger partial charge on any atom is 0.164 e. The van der Waals surface area contributed by atoms with Crippen LogP contribution in [0.3, 0.4) is 0 Å². The van der Waals surface area contributed by atoms with Crippen molar-refractivity contribution in [3.8, 4) is 5.75 Å². The highest BCUT2D eigenvalue weighted by Crippen LogP contribution is 2.33. The van der Waals surface area contributed by atoms with Crippen LogP contribution in [0.4, 0.5) is 0 Å². The zero-order valence-corrected chi connectivity index (χ0v) is 14.7. The van der Waals surface area contributed by atoms with Gasteiger partial charge in [0.25, 0.3) is 0 Å². The molecule has 0 spiro atoms. The minimum Gasteiger partial charge on any atom is -0.493 e. The zero-order valence-electron chi connectivity index (χ0n) is 14.7. The van der Waals surface area contributed by atoms with E-state index in [1.165, 1.54) is 17.5 Å². The standard InChI is InChI=1S/C20H26N2O2/c1-3-14-24-20-9-8-17(16-6-4-5-7-18(16)20)19(23)10-12-22-13-11-21-15(22)2/h8-9,11,13H,3-7,10,12,14H2,1-2H3. The predicted molar refractivity (Wildman–Crippen MR) is 94.8 cm³/mol. The molecule has 1 aromatic carbocycles. The molecule has 1 heterocycles. The summed E-state index contributed by atoms with van der Waals surface area (Å²) < 4.78 is 7.93. The Hall–Kier alpha value is -2.10. The summed E-state index contributed by atoms with van der Waals surface area (Å²) in [4.78, 5) is 17.0. The average Bonchev–Trinajstić information content (AvgIpc) is 3.02. The number of hydrogen-bond donors (Lipinski definition) is 0. The van der Waals surface area contributed by atoms with Crippen molar-refractivity contribution in [3.63, 3.8) is 0 Å². The highest BCUT2D eigenvalue weighted by atomic mass is 16.5. The molecule has 0 bridgehead atoms. The van der Waals surface area contributed by atoms with Gasteiger partial charge in [0, 0.05) is 30.9 Å². The molecule has 1 aromatic heterocycles. The van der Waals surface area contributed by atoms with E-state index in [-0.39, 0.29) is 5.78 Å². The van der Waals surface area contributed by atoms with Gasteiger partial charge in [-0.2, -0.15) is 0 Å². The lowest BCUT2D eigenvalue weighted by Crippen LogP contribution is -2.14. The molecular formula is C20H26N2O2. The van der Waals surface area contributed by atoms with Gasteiger partial charge in [-0.05, 0) is 62.3 Å². The molecule has 0 atom stereocenters. The summed E-state index contributed by atoms with van der Waals surface area (Å²) in [5.74, 6) is 2.16. The van der Waals surface area contributed by atoms with Crippen molar-refractivity contribution in [1.82, 2.24) is 9.55 Å². The van der Waals surface area contributed by atoms with Crippen molar-refractivity contribution in [2.24, 2.45) is 0 Å². The highest BCUT2D eigenvalue weighted by Gasteiger charge is 2.21. The predicted octanol–water partition coefficient (Wildman–Crippen LogP) is 4.13. The molecule has 0 radical (unpaired) electrons. The lowest BCUT2D eigenvalue weighted by molar-refractivity contribution is 0.0975. The Kier molecular flexibility index (Phi) is 5.34. The lowest BCUT2D eigenvalue weighted by atomic mass is 9.86. The summed E-state index contributed by atoms with van der Waals surface area (Å²) in [5.41, 5.74) is 3.38. The van der Waals surface area contributed by atoms with Gasteiger partial charge in [0.05, 0.1) is 6.61 Å². The zero-order chi connectivity index (χ0) is 16.9. The van der Waals surface area contributed by atoms with Gasteiger partial charge in [-0.15, -0.1) is 0 Å². The largest absolute Gasteiger partial charge is 0.493 e. The van der Waals surface area contributed by atoms with E-state index < -0.39 is 0 Å². The third kappa shape index (κ3) is 3.53. The Morgan fingerprint density at radius 1 is 1.25 bits per heavy atom. The number of benzene rings is 1. The smallest absolute Gasteiger partial charge is 0.164 e. The first-order valence-electron chi connectivity index (χ1n) is 8.99. The highest BCUT2D eigenvalue weighted by molar-refractivity contribution is 5.98. The number of ether oxygens (including phenoxy) is 1. The van der Waals surface area contributed by atoms with E-state index in [1.54, 1.807) is 6.20 Å². The van der Waals surface area contributed by atoms with Crippen LogP contribution in [0.2, 0.25) is 0 Å². The van der Waals surface area contributed by atoms with Gasteiger partial charge in [0.1, 0.15) is 11.6 Å².